The minimum Gasteiger partial charge on any atom is -0.369 e. The summed E-state index contributed by atoms with van der Waals surface area (Å²) in [6.45, 7) is 16.3. The van der Waals surface area contributed by atoms with Gasteiger partial charge in [-0.3, -0.25) is 0 Å². The number of nitrogens with zero attached hydrogens (tertiary/aromatic N) is 1. The Kier molecular flexibility index (Phi) is 9.45. The van der Waals surface area contributed by atoms with Gasteiger partial charge >= 0.3 is 0 Å². The third-order valence-corrected chi connectivity index (χ3v) is 7.56. The minimum absolute atomic E-state index is 0.621. The summed E-state index contributed by atoms with van der Waals surface area (Å²) in [7, 11) is 0. The van der Waals surface area contributed by atoms with Crippen molar-refractivity contribution in [3.63, 3.8) is 0 Å². The fourth-order valence-electron chi connectivity index (χ4n) is 5.52. The second kappa shape index (κ2) is 12.3. The van der Waals surface area contributed by atoms with Crippen molar-refractivity contribution in [3.8, 4) is 0 Å². The topological polar surface area (TPSA) is 3.24 Å². The molecule has 1 fully saturated rings. The lowest BCUT2D eigenvalue weighted by Gasteiger charge is -2.38. The Morgan fingerprint density at radius 3 is 2.72 bits per heavy atom. The molecule has 174 valence electrons. The van der Waals surface area contributed by atoms with E-state index in [-0.39, 0.29) is 0 Å². The molecule has 1 saturated heterocycles. The van der Waals surface area contributed by atoms with Crippen LogP contribution in [0.15, 0.2) is 82.7 Å². The van der Waals surface area contributed by atoms with Gasteiger partial charge in [-0.15, -0.1) is 0 Å². The summed E-state index contributed by atoms with van der Waals surface area (Å²) in [6.07, 6.45) is 26.6. The maximum atomic E-state index is 4.25. The molecule has 0 N–H and O–H groups in total. The number of likely N-dealkylation sites (tertiary alicyclic amines) is 1. The fraction of sp³-hybridized carbons (Fsp3) is 0.548. The second-order valence-electron chi connectivity index (χ2n) is 9.92. The molecular weight excluding hydrogens is 386 g/mol. The van der Waals surface area contributed by atoms with E-state index in [1.807, 2.05) is 0 Å². The molecule has 0 radical (unpaired) electrons. The van der Waals surface area contributed by atoms with Gasteiger partial charge in [-0.2, -0.15) is 0 Å². The molecule has 0 amide bonds. The first-order valence-electron chi connectivity index (χ1n) is 13.1. The Morgan fingerprint density at radius 2 is 1.97 bits per heavy atom. The highest BCUT2D eigenvalue weighted by atomic mass is 15.2. The van der Waals surface area contributed by atoms with Crippen LogP contribution in [0.5, 0.6) is 0 Å². The quantitative estimate of drug-likeness (QED) is 0.312. The first-order chi connectivity index (χ1) is 15.5. The van der Waals surface area contributed by atoms with E-state index in [2.05, 4.69) is 69.2 Å². The average molecular weight is 432 g/mol. The van der Waals surface area contributed by atoms with Gasteiger partial charge in [-0.05, 0) is 106 Å². The monoisotopic (exact) mass is 431 g/mol. The zero-order chi connectivity index (χ0) is 22.9. The molecule has 2 aliphatic carbocycles. The highest BCUT2D eigenvalue weighted by Crippen LogP contribution is 2.37. The summed E-state index contributed by atoms with van der Waals surface area (Å²) in [6, 6.07) is 0.621. The van der Waals surface area contributed by atoms with Crippen molar-refractivity contribution in [1.82, 2.24) is 4.90 Å². The summed E-state index contributed by atoms with van der Waals surface area (Å²) >= 11 is 0. The maximum absolute atomic E-state index is 4.25. The van der Waals surface area contributed by atoms with E-state index in [4.69, 9.17) is 0 Å². The van der Waals surface area contributed by atoms with E-state index in [1.165, 1.54) is 80.2 Å². The molecule has 1 heterocycles. The first kappa shape index (κ1) is 24.6. The van der Waals surface area contributed by atoms with Crippen LogP contribution in [0.1, 0.15) is 97.8 Å². The summed E-state index contributed by atoms with van der Waals surface area (Å²) < 4.78 is 0. The Morgan fingerprint density at radius 1 is 1.12 bits per heavy atom. The first-order valence-corrected chi connectivity index (χ1v) is 13.1. The molecule has 0 aromatic rings. The number of allylic oxidation sites excluding steroid dienone is 11. The van der Waals surface area contributed by atoms with Crippen molar-refractivity contribution >= 4 is 0 Å². The molecule has 1 unspecified atom stereocenters. The highest BCUT2D eigenvalue weighted by Gasteiger charge is 2.24. The van der Waals surface area contributed by atoms with Crippen LogP contribution in [0.3, 0.4) is 0 Å². The lowest BCUT2D eigenvalue weighted by atomic mass is 9.92. The normalized spacial score (nSPS) is 22.3. The lowest BCUT2D eigenvalue weighted by molar-refractivity contribution is 0.190. The van der Waals surface area contributed by atoms with Crippen LogP contribution >= 0.6 is 0 Å². The number of hydrogen-bond donors (Lipinski definition) is 0. The molecule has 1 atom stereocenters. The van der Waals surface area contributed by atoms with Crippen molar-refractivity contribution in [2.45, 2.75) is 104 Å². The Balaban J connectivity index is 1.69. The van der Waals surface area contributed by atoms with Crippen LogP contribution in [0.4, 0.5) is 0 Å². The molecule has 0 aromatic heterocycles. The number of hydrogen-bond acceptors (Lipinski definition) is 1. The summed E-state index contributed by atoms with van der Waals surface area (Å²) in [5, 5.41) is 0. The zero-order valence-electron chi connectivity index (χ0n) is 21.0. The maximum Gasteiger partial charge on any atom is 0.0362 e. The number of piperidine rings is 1. The van der Waals surface area contributed by atoms with E-state index < -0.39 is 0 Å². The van der Waals surface area contributed by atoms with Crippen LogP contribution in [0.2, 0.25) is 0 Å². The van der Waals surface area contributed by atoms with Gasteiger partial charge < -0.3 is 4.90 Å². The van der Waals surface area contributed by atoms with Crippen LogP contribution in [0.25, 0.3) is 0 Å². The third kappa shape index (κ3) is 6.50. The van der Waals surface area contributed by atoms with Crippen molar-refractivity contribution in [2.75, 3.05) is 6.54 Å². The Bertz CT molecular complexity index is 842. The molecule has 0 aromatic carbocycles. The Labute approximate surface area is 198 Å². The van der Waals surface area contributed by atoms with E-state index in [1.54, 1.807) is 16.7 Å². The molecule has 32 heavy (non-hydrogen) atoms. The molecule has 0 saturated carbocycles. The third-order valence-electron chi connectivity index (χ3n) is 7.56. The molecular formula is C31H45N. The molecule has 3 aliphatic rings. The van der Waals surface area contributed by atoms with Gasteiger partial charge in [0.05, 0.1) is 0 Å². The van der Waals surface area contributed by atoms with Gasteiger partial charge in [0.25, 0.3) is 0 Å². The van der Waals surface area contributed by atoms with Gasteiger partial charge in [-0.25, -0.2) is 0 Å². The molecule has 0 bridgehead atoms. The summed E-state index contributed by atoms with van der Waals surface area (Å²) in [5.74, 6) is 0. The van der Waals surface area contributed by atoms with E-state index in [0.717, 1.165) is 25.8 Å². The smallest absolute Gasteiger partial charge is 0.0362 e. The van der Waals surface area contributed by atoms with Crippen LogP contribution < -0.4 is 0 Å². The van der Waals surface area contributed by atoms with Gasteiger partial charge in [0.15, 0.2) is 0 Å². The fourth-order valence-corrected chi connectivity index (χ4v) is 5.52. The predicted octanol–water partition coefficient (Wildman–Crippen LogP) is 9.14. The average Bonchev–Trinajstić information content (AvgIpc) is 3.16. The van der Waals surface area contributed by atoms with Gasteiger partial charge in [-0.1, -0.05) is 68.4 Å². The van der Waals surface area contributed by atoms with Crippen molar-refractivity contribution < 1.29 is 0 Å². The zero-order valence-corrected chi connectivity index (χ0v) is 21.0. The largest absolute Gasteiger partial charge is 0.369 e. The minimum atomic E-state index is 0.621. The van der Waals surface area contributed by atoms with Crippen LogP contribution in [0, 0.1) is 0 Å². The van der Waals surface area contributed by atoms with Crippen LogP contribution in [-0.2, 0) is 0 Å². The van der Waals surface area contributed by atoms with Crippen molar-refractivity contribution in [2.24, 2.45) is 0 Å². The van der Waals surface area contributed by atoms with Crippen molar-refractivity contribution in [3.05, 3.63) is 82.7 Å². The molecule has 1 nitrogen and oxygen atoms in total. The standard InChI is InChI=1S/C31H45N/c1-6-12-24(4)25(5)16-18-30(8-3)32-20-10-9-15-31(32)19-17-27-21-26(7-2)22-28-13-11-14-29(28)23-27/h8,16,18,21-22,31H,3-4,6-7,9-15,17,19-20,23H2,1-2,5H3/b25-16+,30-18+. The lowest BCUT2D eigenvalue weighted by Crippen LogP contribution is -2.38. The SMILES string of the molecule is C=C/C(=C\C=C(/C)C(=C)CCC)N1CCCCC1CCC1=CC(CC)=CC2=C(CCC2)C1. The molecule has 0 spiro atoms. The number of rotatable bonds is 10. The van der Waals surface area contributed by atoms with Gasteiger partial charge in [0.1, 0.15) is 0 Å². The summed E-state index contributed by atoms with van der Waals surface area (Å²) in [5.41, 5.74) is 10.4. The molecule has 3 rings (SSSR count). The Hall–Kier alpha value is -2.02. The van der Waals surface area contributed by atoms with E-state index in [9.17, 15) is 0 Å². The van der Waals surface area contributed by atoms with Gasteiger partial charge in [0.2, 0.25) is 0 Å². The molecule has 1 heteroatoms. The van der Waals surface area contributed by atoms with E-state index >= 15 is 0 Å². The van der Waals surface area contributed by atoms with Gasteiger partial charge in [0, 0.05) is 18.3 Å². The summed E-state index contributed by atoms with van der Waals surface area (Å²) in [4.78, 5) is 2.64. The van der Waals surface area contributed by atoms with Crippen molar-refractivity contribution in [1.29, 1.82) is 0 Å². The van der Waals surface area contributed by atoms with Crippen LogP contribution in [-0.4, -0.2) is 17.5 Å². The molecule has 1 aliphatic heterocycles. The highest BCUT2D eigenvalue weighted by molar-refractivity contribution is 5.42. The predicted molar refractivity (Wildman–Crippen MR) is 142 cm³/mol. The van der Waals surface area contributed by atoms with E-state index in [0.29, 0.717) is 6.04 Å². The second-order valence-corrected chi connectivity index (χ2v) is 9.92.